The second kappa shape index (κ2) is 25.4. The third-order valence-electron chi connectivity index (χ3n) is 19.5. The van der Waals surface area contributed by atoms with Crippen molar-refractivity contribution in [2.75, 3.05) is 6.61 Å². The molecule has 15 nitrogen and oxygen atoms in total. The molecule has 11 atom stereocenters. The quantitative estimate of drug-likeness (QED) is 0.0299. The van der Waals surface area contributed by atoms with Crippen LogP contribution >= 0.6 is 0 Å². The minimum atomic E-state index is -3.13. The van der Waals surface area contributed by atoms with E-state index in [1.807, 2.05) is 24.3 Å². The van der Waals surface area contributed by atoms with Crippen LogP contribution in [0.3, 0.4) is 0 Å². The Labute approximate surface area is 493 Å². The van der Waals surface area contributed by atoms with E-state index in [0.29, 0.717) is 41.3 Å². The highest BCUT2D eigenvalue weighted by molar-refractivity contribution is 6.77. The van der Waals surface area contributed by atoms with Gasteiger partial charge in [0.15, 0.2) is 31.9 Å². The topological polar surface area (TPSA) is 199 Å². The molecule has 3 fully saturated rings. The monoisotopic (exact) mass is 1180 g/mol. The predicted octanol–water partition coefficient (Wildman–Crippen LogP) is 11.9. The Morgan fingerprint density at radius 3 is 1.89 bits per heavy atom. The number of hydrogen-bond acceptors (Lipinski definition) is 14. The van der Waals surface area contributed by atoms with Crippen LogP contribution in [0.1, 0.15) is 148 Å². The first-order chi connectivity index (χ1) is 39.1. The summed E-state index contributed by atoms with van der Waals surface area (Å²) in [6.45, 7) is 34.1. The third kappa shape index (κ3) is 11.6. The second-order valence-corrected chi connectivity index (χ2v) is 35.0. The van der Waals surface area contributed by atoms with Crippen LogP contribution in [0.25, 0.3) is 0 Å². The van der Waals surface area contributed by atoms with Crippen LogP contribution in [0, 0.1) is 16.7 Å². The van der Waals surface area contributed by atoms with E-state index in [-0.39, 0.29) is 40.8 Å². The Kier molecular flexibility index (Phi) is 19.8. The Morgan fingerprint density at radius 1 is 0.807 bits per heavy atom. The number of aliphatic hydroxyl groups is 1. The van der Waals surface area contributed by atoms with E-state index in [9.17, 15) is 19.5 Å². The normalized spacial score (nSPS) is 27.4. The van der Waals surface area contributed by atoms with Gasteiger partial charge in [0.2, 0.25) is 8.32 Å². The molecule has 2 N–H and O–H groups in total. The zero-order valence-electron chi connectivity index (χ0n) is 51.2. The number of rotatable bonds is 23. The number of benzene rings is 3. The number of nitrogens with one attached hydrogen (secondary N) is 1. The first kappa shape index (κ1) is 64.7. The van der Waals surface area contributed by atoms with Gasteiger partial charge in [-0.3, -0.25) is 14.4 Å². The summed E-state index contributed by atoms with van der Waals surface area (Å²) in [7, 11) is -5.83. The Balaban J connectivity index is 1.54. The number of ether oxygens (including phenoxy) is 5. The van der Waals surface area contributed by atoms with Gasteiger partial charge in [-0.05, 0) is 102 Å². The largest absolute Gasteiger partial charge is 0.456 e. The van der Waals surface area contributed by atoms with Gasteiger partial charge in [-0.25, -0.2) is 14.4 Å². The van der Waals surface area contributed by atoms with Crippen molar-refractivity contribution in [3.05, 3.63) is 144 Å². The molecule has 0 spiro atoms. The molecule has 7 rings (SSSR count). The molecule has 83 heavy (non-hydrogen) atoms. The van der Waals surface area contributed by atoms with Crippen molar-refractivity contribution in [2.45, 2.75) is 205 Å². The molecule has 0 aromatic heterocycles. The number of carbonyl (C=O) groups is 6. The minimum Gasteiger partial charge on any atom is -0.456 e. The van der Waals surface area contributed by atoms with E-state index in [1.54, 1.807) is 94.4 Å². The van der Waals surface area contributed by atoms with Crippen molar-refractivity contribution in [1.29, 1.82) is 0 Å². The Morgan fingerprint density at radius 2 is 1.37 bits per heavy atom. The van der Waals surface area contributed by atoms with Gasteiger partial charge < -0.3 is 43.0 Å². The van der Waals surface area contributed by atoms with E-state index in [0.717, 1.165) is 11.6 Å². The van der Waals surface area contributed by atoms with Gasteiger partial charge in [0.25, 0.3) is 5.91 Å². The predicted molar refractivity (Wildman–Crippen MR) is 322 cm³/mol. The lowest BCUT2D eigenvalue weighted by Crippen LogP contribution is -2.82. The maximum atomic E-state index is 16.8. The highest BCUT2D eigenvalue weighted by Crippen LogP contribution is 2.65. The molecule has 17 heteroatoms. The molecule has 1 aliphatic heterocycles. The highest BCUT2D eigenvalue weighted by Gasteiger charge is 2.79. The molecular formula is C66H89NO14Si2. The van der Waals surface area contributed by atoms with Crippen LogP contribution in [0.4, 0.5) is 0 Å². The molecule has 4 aliphatic rings. The van der Waals surface area contributed by atoms with Gasteiger partial charge in [-0.2, -0.15) is 0 Å². The summed E-state index contributed by atoms with van der Waals surface area (Å²) in [6, 6.07) is 25.2. The van der Waals surface area contributed by atoms with E-state index >= 15 is 14.4 Å². The molecule has 3 aromatic rings. The van der Waals surface area contributed by atoms with Gasteiger partial charge in [0.1, 0.15) is 23.9 Å². The molecule has 1 heterocycles. The molecule has 1 saturated heterocycles. The smallest absolute Gasteiger partial charge is 0.338 e. The molecule has 1 amide bonds. The summed E-state index contributed by atoms with van der Waals surface area (Å²) in [5.74, 6) is -6.04. The number of ketones is 1. The van der Waals surface area contributed by atoms with Crippen LogP contribution in [0.5, 0.6) is 0 Å². The van der Waals surface area contributed by atoms with Crippen molar-refractivity contribution in [2.24, 2.45) is 16.7 Å². The van der Waals surface area contributed by atoms with Crippen molar-refractivity contribution >= 4 is 52.2 Å². The standard InChI is InChI=1S/C66H89NO14Si2/c1-17-30-45-31-28-29-36-48(45)54(67-60(71)46-32-24-22-25-33-46)56(81-83(40(6)7,41(8)9)42(10)11)62(73)77-49-38-66(74)59(78-61(72)47-34-26-23-27-35-47)57-64(16,58(70)55(76-44(13)68)53(43(49)12)63(66,14)15)50(80-82(19-3,20-4)21-5)37-51-65(57,39-75-51)79-52(69)18-2/h17-18,22-29,31-36,40-42,49-51,54-57,59,74H,1-2,19-21,30,37-39H2,3-16H3,(H,67,71)/t49-,50-,51+,54-,55+,56+,57?,59-,64+,65-,66+/m0/s1. The SMILES string of the molecule is C=CCc1ccccc1[C@H](NC(=O)c1ccccc1)[C@@H](O[Si](C(C)C)(C(C)C)C(C)C)C(=O)O[C@H]1C[C@@]2(O)[C@@H](OC(=O)c3ccccc3)C3[C@](C)(C(=O)[C@H](OC(C)=O)C(=C1C)C2(C)C)[C@@H](O[Si](CC)(CC)CC)C[C@H]1OC[C@@]31OC(=O)C=C. The molecule has 450 valence electrons. The summed E-state index contributed by atoms with van der Waals surface area (Å²) in [5.41, 5.74) is -5.66. The van der Waals surface area contributed by atoms with Crippen LogP contribution < -0.4 is 5.32 Å². The maximum absolute atomic E-state index is 16.8. The molecule has 3 aromatic carbocycles. The van der Waals surface area contributed by atoms with Crippen molar-refractivity contribution in [3.8, 4) is 0 Å². The van der Waals surface area contributed by atoms with Crippen molar-refractivity contribution < 1.29 is 66.4 Å². The zero-order chi connectivity index (χ0) is 61.2. The lowest BCUT2D eigenvalue weighted by atomic mass is 9.44. The number of fused-ring (bicyclic) bond motifs is 5. The third-order valence-corrected chi connectivity index (χ3v) is 30.2. The van der Waals surface area contributed by atoms with Gasteiger partial charge in [-0.15, -0.1) is 6.58 Å². The van der Waals surface area contributed by atoms with E-state index < -0.39 is 129 Å². The summed E-state index contributed by atoms with van der Waals surface area (Å²) < 4.78 is 48.1. The minimum absolute atomic E-state index is 0.0530. The lowest BCUT2D eigenvalue weighted by molar-refractivity contribution is -0.344. The molecular weight excluding hydrogens is 1090 g/mol. The summed E-state index contributed by atoms with van der Waals surface area (Å²) in [5, 5.41) is 17.9. The fourth-order valence-electron chi connectivity index (χ4n) is 14.8. The average molecular weight is 1180 g/mol. The Hall–Kier alpha value is -5.83. The van der Waals surface area contributed by atoms with Crippen LogP contribution in [-0.4, -0.2) is 112 Å². The molecule has 2 saturated carbocycles. The number of esters is 4. The molecule has 2 bridgehead atoms. The summed E-state index contributed by atoms with van der Waals surface area (Å²) in [4.78, 5) is 90.6. The van der Waals surface area contributed by atoms with Gasteiger partial charge in [0.05, 0.1) is 35.6 Å². The van der Waals surface area contributed by atoms with Gasteiger partial charge in [-0.1, -0.05) is 149 Å². The van der Waals surface area contributed by atoms with Gasteiger partial charge >= 0.3 is 23.9 Å². The van der Waals surface area contributed by atoms with E-state index in [4.69, 9.17) is 32.5 Å². The maximum Gasteiger partial charge on any atom is 0.338 e. The highest BCUT2D eigenvalue weighted by atomic mass is 28.4. The van der Waals surface area contributed by atoms with Gasteiger partial charge in [0, 0.05) is 36.8 Å². The fraction of sp³-hybridized carbons (Fsp3) is 0.545. The summed E-state index contributed by atoms with van der Waals surface area (Å²) >= 11 is 0. The van der Waals surface area contributed by atoms with E-state index in [2.05, 4.69) is 80.8 Å². The lowest BCUT2D eigenvalue weighted by Gasteiger charge is -2.68. The zero-order valence-corrected chi connectivity index (χ0v) is 53.2. The van der Waals surface area contributed by atoms with E-state index in [1.165, 1.54) is 6.92 Å². The number of Topliss-reactive ketones (excluding diaryl/α,β-unsaturated/α-hetero) is 1. The number of carbonyl (C=O) groups excluding carboxylic acids is 6. The fourth-order valence-corrected chi connectivity index (χ4v) is 23.3. The number of hydrogen-bond donors (Lipinski definition) is 2. The first-order valence-electron chi connectivity index (χ1n) is 29.6. The first-order valence-corrected chi connectivity index (χ1v) is 34.3. The van der Waals surface area contributed by atoms with Crippen LogP contribution in [0.2, 0.25) is 34.8 Å². The molecule has 1 unspecified atom stereocenters. The van der Waals surface area contributed by atoms with Crippen LogP contribution in [0.15, 0.2) is 121 Å². The van der Waals surface area contributed by atoms with Crippen molar-refractivity contribution in [3.63, 3.8) is 0 Å². The summed E-state index contributed by atoms with van der Waals surface area (Å²) in [6.07, 6.45) is -5.78. The average Bonchev–Trinajstić information content (AvgIpc) is 0.713. The number of allylic oxidation sites excluding steroid dienone is 1. The second-order valence-electron chi connectivity index (χ2n) is 24.9. The molecule has 0 radical (unpaired) electrons. The Bertz CT molecular complexity index is 2910. The number of amides is 1. The molecule has 3 aliphatic carbocycles. The van der Waals surface area contributed by atoms with Crippen LogP contribution in [-0.2, 0) is 58.1 Å². The van der Waals surface area contributed by atoms with Crippen molar-refractivity contribution in [1.82, 2.24) is 5.32 Å².